The van der Waals surface area contributed by atoms with Gasteiger partial charge in [0.2, 0.25) is 0 Å². The number of hydrogen-bond donors (Lipinski definition) is 2. The monoisotopic (exact) mass is 229 g/mol. The second-order valence-corrected chi connectivity index (χ2v) is 4.08. The van der Waals surface area contributed by atoms with Gasteiger partial charge in [-0.1, -0.05) is 0 Å². The Morgan fingerprint density at radius 2 is 2.44 bits per heavy atom. The molecular formula is C11H19NO4. The molecule has 0 amide bonds. The predicted octanol–water partition coefficient (Wildman–Crippen LogP) is 0.699. The Hall–Kier alpha value is -0.620. The van der Waals surface area contributed by atoms with Gasteiger partial charge in [-0.3, -0.25) is 0 Å². The van der Waals surface area contributed by atoms with E-state index in [9.17, 15) is 0 Å². The summed E-state index contributed by atoms with van der Waals surface area (Å²) < 4.78 is 11.0. The molecule has 0 radical (unpaired) electrons. The van der Waals surface area contributed by atoms with Crippen LogP contribution in [-0.2, 0) is 14.3 Å². The third-order valence-electron chi connectivity index (χ3n) is 2.72. The Morgan fingerprint density at radius 1 is 1.50 bits per heavy atom. The highest BCUT2D eigenvalue weighted by Gasteiger charge is 2.19. The molecule has 5 nitrogen and oxygen atoms in total. The van der Waals surface area contributed by atoms with Crippen LogP contribution in [0.4, 0.5) is 0 Å². The Labute approximate surface area is 95.3 Å². The molecule has 2 rings (SSSR count). The molecule has 2 N–H and O–H groups in total. The van der Waals surface area contributed by atoms with Gasteiger partial charge in [0, 0.05) is 13.2 Å². The van der Waals surface area contributed by atoms with Crippen molar-refractivity contribution in [1.29, 1.82) is 0 Å². The zero-order chi connectivity index (χ0) is 11.2. The lowest BCUT2D eigenvalue weighted by Gasteiger charge is -2.22. The molecule has 16 heavy (non-hydrogen) atoms. The van der Waals surface area contributed by atoms with Crippen molar-refractivity contribution in [3.05, 3.63) is 11.8 Å². The SMILES string of the molecule is OCCC1C=C(COC2CCCCO2)ON1. The number of aliphatic hydroxyl groups is 1. The molecule has 92 valence electrons. The van der Waals surface area contributed by atoms with Gasteiger partial charge in [-0.25, -0.2) is 0 Å². The fourth-order valence-electron chi connectivity index (χ4n) is 1.82. The summed E-state index contributed by atoms with van der Waals surface area (Å²) in [4.78, 5) is 5.23. The smallest absolute Gasteiger partial charge is 0.158 e. The van der Waals surface area contributed by atoms with E-state index >= 15 is 0 Å². The summed E-state index contributed by atoms with van der Waals surface area (Å²) in [6.45, 7) is 1.37. The largest absolute Gasteiger partial charge is 0.410 e. The Morgan fingerprint density at radius 3 is 3.19 bits per heavy atom. The first-order valence-corrected chi connectivity index (χ1v) is 5.85. The minimum Gasteiger partial charge on any atom is -0.410 e. The summed E-state index contributed by atoms with van der Waals surface area (Å²) in [7, 11) is 0. The van der Waals surface area contributed by atoms with Crippen LogP contribution in [0.5, 0.6) is 0 Å². The average molecular weight is 229 g/mol. The lowest BCUT2D eigenvalue weighted by molar-refractivity contribution is -0.162. The van der Waals surface area contributed by atoms with Gasteiger partial charge in [0.05, 0.1) is 6.04 Å². The van der Waals surface area contributed by atoms with Gasteiger partial charge in [-0.2, -0.15) is 0 Å². The van der Waals surface area contributed by atoms with Crippen LogP contribution >= 0.6 is 0 Å². The first kappa shape index (κ1) is 11.9. The molecule has 1 saturated heterocycles. The zero-order valence-corrected chi connectivity index (χ0v) is 9.35. The van der Waals surface area contributed by atoms with Gasteiger partial charge in [0.25, 0.3) is 0 Å². The van der Waals surface area contributed by atoms with Crippen LogP contribution in [0.1, 0.15) is 25.7 Å². The normalized spacial score (nSPS) is 29.9. The van der Waals surface area contributed by atoms with Crippen molar-refractivity contribution >= 4 is 0 Å². The van der Waals surface area contributed by atoms with Crippen LogP contribution in [0.2, 0.25) is 0 Å². The molecule has 2 atom stereocenters. The molecule has 0 aromatic heterocycles. The van der Waals surface area contributed by atoms with Gasteiger partial charge in [0.1, 0.15) is 12.4 Å². The van der Waals surface area contributed by atoms with E-state index in [-0.39, 0.29) is 18.9 Å². The molecule has 0 spiro atoms. The van der Waals surface area contributed by atoms with E-state index in [1.54, 1.807) is 0 Å². The molecule has 0 aromatic rings. The van der Waals surface area contributed by atoms with E-state index in [1.807, 2.05) is 6.08 Å². The van der Waals surface area contributed by atoms with E-state index in [0.717, 1.165) is 31.6 Å². The van der Waals surface area contributed by atoms with Crippen molar-refractivity contribution in [2.75, 3.05) is 19.8 Å². The number of rotatable bonds is 5. The van der Waals surface area contributed by atoms with Crippen molar-refractivity contribution in [3.63, 3.8) is 0 Å². The third-order valence-corrected chi connectivity index (χ3v) is 2.72. The van der Waals surface area contributed by atoms with Crippen LogP contribution in [-0.4, -0.2) is 37.3 Å². The minimum absolute atomic E-state index is 0.0878. The van der Waals surface area contributed by atoms with Crippen LogP contribution < -0.4 is 5.48 Å². The van der Waals surface area contributed by atoms with Crippen LogP contribution in [0.25, 0.3) is 0 Å². The summed E-state index contributed by atoms with van der Waals surface area (Å²) >= 11 is 0. The number of aliphatic hydroxyl groups excluding tert-OH is 1. The Bertz CT molecular complexity index is 238. The van der Waals surface area contributed by atoms with Crippen LogP contribution in [0, 0.1) is 0 Å². The average Bonchev–Trinajstić information content (AvgIpc) is 2.76. The zero-order valence-electron chi connectivity index (χ0n) is 9.35. The summed E-state index contributed by atoms with van der Waals surface area (Å²) in [6, 6.07) is 0.0934. The molecule has 5 heteroatoms. The molecule has 0 saturated carbocycles. The minimum atomic E-state index is -0.0878. The molecule has 2 aliphatic heterocycles. The second-order valence-electron chi connectivity index (χ2n) is 4.08. The quantitative estimate of drug-likeness (QED) is 0.726. The standard InChI is InChI=1S/C11H19NO4/c13-5-4-9-7-10(16-12-9)8-15-11-3-1-2-6-14-11/h7,9,11-13H,1-6,8H2. The maximum Gasteiger partial charge on any atom is 0.158 e. The van der Waals surface area contributed by atoms with Crippen molar-refractivity contribution in [3.8, 4) is 0 Å². The van der Waals surface area contributed by atoms with Gasteiger partial charge >= 0.3 is 0 Å². The maximum absolute atomic E-state index is 8.77. The maximum atomic E-state index is 8.77. The number of ether oxygens (including phenoxy) is 2. The fourth-order valence-corrected chi connectivity index (χ4v) is 1.82. The highest BCUT2D eigenvalue weighted by Crippen LogP contribution is 2.16. The van der Waals surface area contributed by atoms with Crippen LogP contribution in [0.3, 0.4) is 0 Å². The van der Waals surface area contributed by atoms with E-state index in [1.165, 1.54) is 0 Å². The number of hydrogen-bond acceptors (Lipinski definition) is 5. The van der Waals surface area contributed by atoms with Crippen molar-refractivity contribution in [2.24, 2.45) is 0 Å². The first-order chi connectivity index (χ1) is 7.88. The molecular weight excluding hydrogens is 210 g/mol. The van der Waals surface area contributed by atoms with E-state index in [2.05, 4.69) is 5.48 Å². The van der Waals surface area contributed by atoms with E-state index < -0.39 is 0 Å². The summed E-state index contributed by atoms with van der Waals surface area (Å²) in [6.07, 6.45) is 5.76. The topological polar surface area (TPSA) is 60.0 Å². The summed E-state index contributed by atoms with van der Waals surface area (Å²) in [5.41, 5.74) is 2.82. The van der Waals surface area contributed by atoms with Gasteiger partial charge in [0.15, 0.2) is 6.29 Å². The third kappa shape index (κ3) is 3.45. The van der Waals surface area contributed by atoms with Crippen LogP contribution in [0.15, 0.2) is 11.8 Å². The molecule has 0 bridgehead atoms. The lowest BCUT2D eigenvalue weighted by Crippen LogP contribution is -2.24. The second kappa shape index (κ2) is 6.20. The van der Waals surface area contributed by atoms with E-state index in [0.29, 0.717) is 13.0 Å². The van der Waals surface area contributed by atoms with Crippen molar-refractivity contribution in [1.82, 2.24) is 5.48 Å². The van der Waals surface area contributed by atoms with Gasteiger partial charge in [-0.15, -0.1) is 5.48 Å². The molecule has 1 fully saturated rings. The summed E-state index contributed by atoms with van der Waals surface area (Å²) in [5, 5.41) is 8.77. The van der Waals surface area contributed by atoms with Gasteiger partial charge in [-0.05, 0) is 31.8 Å². The molecule has 0 aromatic carbocycles. The van der Waals surface area contributed by atoms with Gasteiger partial charge < -0.3 is 19.4 Å². The molecule has 2 aliphatic rings. The summed E-state index contributed by atoms with van der Waals surface area (Å²) in [5.74, 6) is 0.771. The van der Waals surface area contributed by atoms with E-state index in [4.69, 9.17) is 19.4 Å². The number of hydroxylamine groups is 1. The molecule has 0 aliphatic carbocycles. The lowest BCUT2D eigenvalue weighted by atomic mass is 10.2. The number of nitrogens with one attached hydrogen (secondary N) is 1. The Balaban J connectivity index is 1.67. The Kier molecular flexibility index (Phi) is 4.59. The van der Waals surface area contributed by atoms with Crippen molar-refractivity contribution < 1.29 is 19.4 Å². The highest BCUT2D eigenvalue weighted by atomic mass is 16.7. The molecule has 2 heterocycles. The highest BCUT2D eigenvalue weighted by molar-refractivity contribution is 5.04. The first-order valence-electron chi connectivity index (χ1n) is 5.85. The fraction of sp³-hybridized carbons (Fsp3) is 0.818. The van der Waals surface area contributed by atoms with Crippen molar-refractivity contribution in [2.45, 2.75) is 38.0 Å². The predicted molar refractivity (Wildman–Crippen MR) is 57.3 cm³/mol. The molecule has 2 unspecified atom stereocenters.